The van der Waals surface area contributed by atoms with Gasteiger partial charge in [-0.3, -0.25) is 0 Å². The van der Waals surface area contributed by atoms with Crippen molar-refractivity contribution in [3.63, 3.8) is 0 Å². The fourth-order valence-electron chi connectivity index (χ4n) is 0.0956. The molecular weight excluding hydrogens is 307 g/mol. The zero-order chi connectivity index (χ0) is 4.99. The van der Waals surface area contributed by atoms with Gasteiger partial charge in [-0.05, 0) is 12.2 Å². The second kappa shape index (κ2) is 6.77. The molecule has 0 aromatic carbocycles. The van der Waals surface area contributed by atoms with Gasteiger partial charge in [-0.1, -0.05) is 0 Å². The normalized spacial score (nSPS) is 7.00. The van der Waals surface area contributed by atoms with E-state index >= 15 is 0 Å². The summed E-state index contributed by atoms with van der Waals surface area (Å²) in [6.07, 6.45) is 0.218. The van der Waals surface area contributed by atoms with Crippen molar-refractivity contribution in [3.05, 3.63) is 0 Å². The molecule has 0 aliphatic rings. The Morgan fingerprint density at radius 1 is 1.57 bits per heavy atom. The third-order valence-corrected chi connectivity index (χ3v) is 0.530. The minimum absolute atomic E-state index is 0. The van der Waals surface area contributed by atoms with E-state index in [0.29, 0.717) is 0 Å². The first kappa shape index (κ1) is 10.7. The number of rotatable bonds is 2. The van der Waals surface area contributed by atoms with Crippen LogP contribution < -0.4 is 0 Å². The molecule has 0 rings (SSSR count). The Kier molecular flexibility index (Phi) is 10.4. The molecule has 0 amide bonds. The van der Waals surface area contributed by atoms with Gasteiger partial charge < -0.3 is 10.2 Å². The molecule has 0 unspecified atom stereocenters. The van der Waals surface area contributed by atoms with E-state index in [1.54, 1.807) is 0 Å². The number of aliphatic hydroxyl groups is 2. The first-order valence-electron chi connectivity index (χ1n) is 1.60. The van der Waals surface area contributed by atoms with E-state index in [9.17, 15) is 0 Å². The summed E-state index contributed by atoms with van der Waals surface area (Å²) in [5, 5.41) is 16.0. The summed E-state index contributed by atoms with van der Waals surface area (Å²) < 4.78 is 0. The van der Waals surface area contributed by atoms with Gasteiger partial charge in [-0.25, -0.2) is 0 Å². The molecule has 4 heteroatoms. The molecule has 0 aliphatic heterocycles. The predicted octanol–water partition coefficient (Wildman–Crippen LogP) is -0.662. The van der Waals surface area contributed by atoms with Crippen molar-refractivity contribution in [2.75, 3.05) is 6.61 Å². The van der Waals surface area contributed by atoms with Crippen LogP contribution in [0.2, 0.25) is 0 Å². The Labute approximate surface area is 67.7 Å². The summed E-state index contributed by atoms with van der Waals surface area (Å²) >= 11 is 4.19. The molecule has 42 valence electrons. The number of hydrogen-bond acceptors (Lipinski definition) is 2. The van der Waals surface area contributed by atoms with Gasteiger partial charge in [-0.15, -0.1) is 0 Å². The minimum atomic E-state index is -0.127. The van der Waals surface area contributed by atoms with Crippen molar-refractivity contribution in [2.45, 2.75) is 6.42 Å². The van der Waals surface area contributed by atoms with Crippen LogP contribution in [0.4, 0.5) is 0 Å². The molecule has 0 spiro atoms. The molecule has 2 N–H and O–H groups in total. The molecule has 0 bridgehead atoms. The van der Waals surface area contributed by atoms with Crippen molar-refractivity contribution in [3.8, 4) is 0 Å². The molecule has 0 saturated heterocycles. The topological polar surface area (TPSA) is 40.5 Å². The Balaban J connectivity index is 0. The first-order valence-corrected chi connectivity index (χ1v) is 2.01. The van der Waals surface area contributed by atoms with Gasteiger partial charge >= 0.3 is 27.3 Å². The van der Waals surface area contributed by atoms with Crippen LogP contribution in [0.3, 0.4) is 0 Å². The van der Waals surface area contributed by atoms with Gasteiger partial charge in [0.1, 0.15) is 0 Å². The van der Waals surface area contributed by atoms with E-state index in [4.69, 9.17) is 10.2 Å². The van der Waals surface area contributed by atoms with E-state index in [-0.39, 0.29) is 45.4 Å². The van der Waals surface area contributed by atoms with Gasteiger partial charge in [-0.2, -0.15) is 0 Å². The van der Waals surface area contributed by atoms with Crippen LogP contribution in [-0.4, -0.2) is 49.2 Å². The van der Waals surface area contributed by atoms with Crippen LogP contribution in [0.1, 0.15) is 6.42 Å². The van der Waals surface area contributed by atoms with Gasteiger partial charge in [0.15, 0.2) is 5.05 Å². The summed E-state index contributed by atoms with van der Waals surface area (Å²) in [7, 11) is 0. The van der Waals surface area contributed by atoms with Crippen molar-refractivity contribution in [1.82, 2.24) is 0 Å². The summed E-state index contributed by atoms with van der Waals surface area (Å²) in [6.45, 7) is -0.0602. The van der Waals surface area contributed by atoms with Crippen molar-refractivity contribution < 1.29 is 10.2 Å². The molecule has 0 heterocycles. The van der Waals surface area contributed by atoms with Crippen molar-refractivity contribution in [1.29, 1.82) is 0 Å². The molecule has 2 nitrogen and oxygen atoms in total. The molecule has 0 atom stereocenters. The first-order chi connectivity index (χ1) is 2.77. The third-order valence-electron chi connectivity index (χ3n) is 0.326. The Morgan fingerprint density at radius 2 is 2.00 bits per heavy atom. The molecule has 0 aromatic heterocycles. The van der Waals surface area contributed by atoms with Crippen LogP contribution in [0, 0.1) is 0 Å². The van der Waals surface area contributed by atoms with Gasteiger partial charge in [0.05, 0.1) is 6.61 Å². The average molecular weight is 315 g/mol. The number of thiocarbonyl (C=S) groups is 1. The molecule has 7 heavy (non-hydrogen) atoms. The van der Waals surface area contributed by atoms with E-state index in [1.165, 1.54) is 0 Å². The standard InChI is InChI=1S/C3H6O2S.Pb.2H/c4-2-1-3(5)6;;;/h4H,1-2H2,(H,5,6);;;. The maximum absolute atomic E-state index is 8.12. The summed E-state index contributed by atoms with van der Waals surface area (Å²) in [4.78, 5) is 0. The molecular formula is C3H8O2PbS. The van der Waals surface area contributed by atoms with Crippen LogP contribution in [0.5, 0.6) is 0 Å². The summed E-state index contributed by atoms with van der Waals surface area (Å²) in [5.74, 6) is 0. The zero-order valence-electron chi connectivity index (χ0n) is 3.92. The number of hydrogen-bond donors (Lipinski definition) is 2. The average Bonchev–Trinajstić information content (AvgIpc) is 1.35. The van der Waals surface area contributed by atoms with E-state index < -0.39 is 0 Å². The monoisotopic (exact) mass is 316 g/mol. The van der Waals surface area contributed by atoms with Crippen LogP contribution >= 0.6 is 12.2 Å². The summed E-state index contributed by atoms with van der Waals surface area (Å²) in [6, 6.07) is 0. The van der Waals surface area contributed by atoms with Crippen molar-refractivity contribution in [2.24, 2.45) is 0 Å². The van der Waals surface area contributed by atoms with Gasteiger partial charge in [0, 0.05) is 6.42 Å². The fraction of sp³-hybridized carbons (Fsp3) is 0.667. The van der Waals surface area contributed by atoms with E-state index in [1.807, 2.05) is 0 Å². The zero-order valence-corrected chi connectivity index (χ0v) is 10.2. The van der Waals surface area contributed by atoms with Gasteiger partial charge in [0.25, 0.3) is 0 Å². The summed E-state index contributed by atoms with van der Waals surface area (Å²) in [5.41, 5.74) is 0. The molecule has 2 radical (unpaired) electrons. The van der Waals surface area contributed by atoms with Crippen LogP contribution in [0.15, 0.2) is 0 Å². The molecule has 0 saturated carbocycles. The second-order valence-electron chi connectivity index (χ2n) is 0.867. The molecule has 0 aromatic rings. The second-order valence-corrected chi connectivity index (χ2v) is 1.34. The fourth-order valence-corrected chi connectivity index (χ4v) is 0.187. The van der Waals surface area contributed by atoms with Crippen LogP contribution in [0.25, 0.3) is 0 Å². The van der Waals surface area contributed by atoms with Gasteiger partial charge in [0.2, 0.25) is 0 Å². The van der Waals surface area contributed by atoms with E-state index in [2.05, 4.69) is 12.2 Å². The quantitative estimate of drug-likeness (QED) is 0.525. The van der Waals surface area contributed by atoms with E-state index in [0.717, 1.165) is 0 Å². The molecule has 0 aliphatic carbocycles. The molecule has 0 fully saturated rings. The van der Waals surface area contributed by atoms with Crippen molar-refractivity contribution >= 4 is 44.6 Å². The number of aliphatic hydroxyl groups excluding tert-OH is 2. The maximum atomic E-state index is 8.12. The Morgan fingerprint density at radius 3 is 2.00 bits per heavy atom. The third kappa shape index (κ3) is 10.8. The predicted molar refractivity (Wildman–Crippen MR) is 35.5 cm³/mol. The Bertz CT molecular complexity index is 56.9. The van der Waals surface area contributed by atoms with Crippen LogP contribution in [-0.2, 0) is 0 Å². The SMILES string of the molecule is OCCC(O)=S.[PbH2]. The Hall–Kier alpha value is 0.772.